The zero-order chi connectivity index (χ0) is 15.6. The summed E-state index contributed by atoms with van der Waals surface area (Å²) in [6, 6.07) is 3.86. The largest absolute Gasteiger partial charge is 0.465 e. The Morgan fingerprint density at radius 3 is 2.81 bits per heavy atom. The van der Waals surface area contributed by atoms with Gasteiger partial charge in [0.05, 0.1) is 17.7 Å². The van der Waals surface area contributed by atoms with Crippen LogP contribution in [-0.2, 0) is 14.8 Å². The van der Waals surface area contributed by atoms with E-state index in [-0.39, 0.29) is 28.1 Å². The van der Waals surface area contributed by atoms with E-state index >= 15 is 0 Å². The second-order valence-electron chi connectivity index (χ2n) is 4.90. The quantitative estimate of drug-likeness (QED) is 0.841. The van der Waals surface area contributed by atoms with Gasteiger partial charge in [0, 0.05) is 19.1 Å². The molecule has 2 rings (SSSR count). The molecule has 0 radical (unpaired) electrons. The van der Waals surface area contributed by atoms with E-state index in [0.29, 0.717) is 13.0 Å². The number of benzene rings is 1. The molecule has 6 nitrogen and oxygen atoms in total. The molecule has 21 heavy (non-hydrogen) atoms. The molecule has 1 aliphatic rings. The lowest BCUT2D eigenvalue weighted by atomic mass is 10.1. The van der Waals surface area contributed by atoms with Gasteiger partial charge in [-0.05, 0) is 31.0 Å². The summed E-state index contributed by atoms with van der Waals surface area (Å²) in [5, 5.41) is 0.0711. The van der Waals surface area contributed by atoms with Crippen LogP contribution < -0.4 is 5.73 Å². The van der Waals surface area contributed by atoms with Crippen molar-refractivity contribution in [2.75, 3.05) is 20.2 Å². The Morgan fingerprint density at radius 2 is 2.19 bits per heavy atom. The van der Waals surface area contributed by atoms with Crippen LogP contribution >= 0.6 is 11.6 Å². The van der Waals surface area contributed by atoms with Crippen molar-refractivity contribution < 1.29 is 17.9 Å². The normalized spacial score (nSPS) is 20.2. The second-order valence-corrected chi connectivity index (χ2v) is 7.22. The first-order valence-electron chi connectivity index (χ1n) is 6.50. The molecule has 0 aromatic heterocycles. The molecule has 1 aliphatic heterocycles. The van der Waals surface area contributed by atoms with Gasteiger partial charge in [-0.15, -0.1) is 0 Å². The number of ether oxygens (including phenoxy) is 1. The van der Waals surface area contributed by atoms with E-state index in [0.717, 1.165) is 6.42 Å². The fourth-order valence-corrected chi connectivity index (χ4v) is 4.31. The maximum atomic E-state index is 12.7. The first kappa shape index (κ1) is 16.2. The van der Waals surface area contributed by atoms with Crippen LogP contribution in [-0.4, -0.2) is 44.9 Å². The maximum absolute atomic E-state index is 12.7. The minimum atomic E-state index is -3.78. The van der Waals surface area contributed by atoms with E-state index in [4.69, 9.17) is 17.3 Å². The van der Waals surface area contributed by atoms with Crippen molar-refractivity contribution in [1.29, 1.82) is 0 Å². The molecule has 1 atom stereocenters. The number of esters is 1. The van der Waals surface area contributed by atoms with Gasteiger partial charge in [0.15, 0.2) is 0 Å². The molecule has 2 N–H and O–H groups in total. The number of rotatable bonds is 3. The number of sulfonamides is 1. The summed E-state index contributed by atoms with van der Waals surface area (Å²) < 4.78 is 31.2. The van der Waals surface area contributed by atoms with Crippen LogP contribution in [0.5, 0.6) is 0 Å². The van der Waals surface area contributed by atoms with Crippen LogP contribution in [0.25, 0.3) is 0 Å². The number of nitrogens with two attached hydrogens (primary N) is 1. The smallest absolute Gasteiger partial charge is 0.337 e. The fraction of sp³-hybridized carbons (Fsp3) is 0.462. The third kappa shape index (κ3) is 3.37. The van der Waals surface area contributed by atoms with Gasteiger partial charge < -0.3 is 10.5 Å². The highest BCUT2D eigenvalue weighted by atomic mass is 35.5. The SMILES string of the molecule is COC(=O)c1ccc(Cl)c(S(=O)(=O)N2CCCC(N)C2)c1. The van der Waals surface area contributed by atoms with Crippen LogP contribution in [0.15, 0.2) is 23.1 Å². The highest BCUT2D eigenvalue weighted by Crippen LogP contribution is 2.27. The lowest BCUT2D eigenvalue weighted by Gasteiger charge is -2.30. The summed E-state index contributed by atoms with van der Waals surface area (Å²) in [6.07, 6.45) is 1.50. The fourth-order valence-electron chi connectivity index (χ4n) is 2.28. The second kappa shape index (κ2) is 6.31. The summed E-state index contributed by atoms with van der Waals surface area (Å²) in [5.41, 5.74) is 5.96. The number of nitrogens with zero attached hydrogens (tertiary/aromatic N) is 1. The summed E-state index contributed by atoms with van der Waals surface area (Å²) >= 11 is 6.00. The Kier molecular flexibility index (Phi) is 4.88. The lowest BCUT2D eigenvalue weighted by molar-refractivity contribution is 0.0600. The average Bonchev–Trinajstić information content (AvgIpc) is 2.46. The molecule has 1 aromatic rings. The van der Waals surface area contributed by atoms with Crippen molar-refractivity contribution in [3.8, 4) is 0 Å². The van der Waals surface area contributed by atoms with Crippen molar-refractivity contribution in [2.45, 2.75) is 23.8 Å². The maximum Gasteiger partial charge on any atom is 0.337 e. The summed E-state index contributed by atoms with van der Waals surface area (Å²) in [4.78, 5) is 11.4. The molecule has 1 heterocycles. The monoisotopic (exact) mass is 332 g/mol. The summed E-state index contributed by atoms with van der Waals surface area (Å²) in [5.74, 6) is -0.613. The van der Waals surface area contributed by atoms with Crippen LogP contribution in [0.1, 0.15) is 23.2 Å². The molecule has 1 saturated heterocycles. The number of carbonyl (C=O) groups is 1. The molecular weight excluding hydrogens is 316 g/mol. The van der Waals surface area contributed by atoms with E-state index in [1.165, 1.54) is 29.6 Å². The Morgan fingerprint density at radius 1 is 1.48 bits per heavy atom. The van der Waals surface area contributed by atoms with Gasteiger partial charge in [-0.3, -0.25) is 0 Å². The molecule has 8 heteroatoms. The van der Waals surface area contributed by atoms with E-state index in [1.807, 2.05) is 0 Å². The third-order valence-electron chi connectivity index (χ3n) is 3.39. The Balaban J connectivity index is 2.41. The van der Waals surface area contributed by atoms with Crippen LogP contribution in [0.4, 0.5) is 0 Å². The minimum absolute atomic E-state index is 0.0711. The number of carbonyl (C=O) groups excluding carboxylic acids is 1. The molecule has 116 valence electrons. The zero-order valence-electron chi connectivity index (χ0n) is 11.6. The topological polar surface area (TPSA) is 89.7 Å². The first-order chi connectivity index (χ1) is 9.86. The van der Waals surface area contributed by atoms with Crippen molar-refractivity contribution in [1.82, 2.24) is 4.31 Å². The number of hydrogen-bond acceptors (Lipinski definition) is 5. The van der Waals surface area contributed by atoms with Crippen molar-refractivity contribution in [3.05, 3.63) is 28.8 Å². The number of methoxy groups -OCH3 is 1. The van der Waals surface area contributed by atoms with Crippen molar-refractivity contribution in [3.63, 3.8) is 0 Å². The molecule has 0 amide bonds. The predicted octanol–water partition coefficient (Wildman–Crippen LogP) is 1.24. The van der Waals surface area contributed by atoms with Gasteiger partial charge in [0.2, 0.25) is 10.0 Å². The molecule has 1 unspecified atom stereocenters. The van der Waals surface area contributed by atoms with E-state index < -0.39 is 16.0 Å². The minimum Gasteiger partial charge on any atom is -0.465 e. The van der Waals surface area contributed by atoms with Gasteiger partial charge in [0.1, 0.15) is 4.90 Å². The van der Waals surface area contributed by atoms with Gasteiger partial charge in [-0.1, -0.05) is 11.6 Å². The molecule has 1 fully saturated rings. The average molecular weight is 333 g/mol. The third-order valence-corrected chi connectivity index (χ3v) is 5.74. The number of hydrogen-bond donors (Lipinski definition) is 1. The van der Waals surface area contributed by atoms with Crippen LogP contribution in [0.2, 0.25) is 5.02 Å². The molecule has 0 aliphatic carbocycles. The van der Waals surface area contributed by atoms with E-state index in [9.17, 15) is 13.2 Å². The van der Waals surface area contributed by atoms with Gasteiger partial charge in [-0.2, -0.15) is 4.31 Å². The Labute approximate surface area is 128 Å². The molecule has 0 spiro atoms. The molecule has 0 saturated carbocycles. The zero-order valence-corrected chi connectivity index (χ0v) is 13.2. The molecule has 0 bridgehead atoms. The van der Waals surface area contributed by atoms with E-state index in [2.05, 4.69) is 4.74 Å². The molecular formula is C13H17ClN2O4S. The first-order valence-corrected chi connectivity index (χ1v) is 8.31. The van der Waals surface area contributed by atoms with E-state index in [1.54, 1.807) is 0 Å². The van der Waals surface area contributed by atoms with Crippen LogP contribution in [0.3, 0.4) is 0 Å². The van der Waals surface area contributed by atoms with Gasteiger partial charge in [-0.25, -0.2) is 13.2 Å². The number of halogens is 1. The van der Waals surface area contributed by atoms with Gasteiger partial charge in [0.25, 0.3) is 0 Å². The summed E-state index contributed by atoms with van der Waals surface area (Å²) in [7, 11) is -2.55. The number of piperidine rings is 1. The summed E-state index contributed by atoms with van der Waals surface area (Å²) in [6.45, 7) is 0.649. The lowest BCUT2D eigenvalue weighted by Crippen LogP contribution is -2.45. The highest BCUT2D eigenvalue weighted by Gasteiger charge is 2.31. The standard InChI is InChI=1S/C13H17ClN2O4S/c1-20-13(17)9-4-5-11(14)12(7-9)21(18,19)16-6-2-3-10(15)8-16/h4-5,7,10H,2-3,6,8,15H2,1H3. The van der Waals surface area contributed by atoms with Crippen LogP contribution in [0, 0.1) is 0 Å². The van der Waals surface area contributed by atoms with Crippen molar-refractivity contribution >= 4 is 27.6 Å². The predicted molar refractivity (Wildman–Crippen MR) is 78.8 cm³/mol. The Bertz CT molecular complexity index is 648. The van der Waals surface area contributed by atoms with Crippen molar-refractivity contribution in [2.24, 2.45) is 5.73 Å². The highest BCUT2D eigenvalue weighted by molar-refractivity contribution is 7.89. The van der Waals surface area contributed by atoms with Gasteiger partial charge >= 0.3 is 5.97 Å². The molecule has 1 aromatic carbocycles. The Hall–Kier alpha value is -1.15.